The number of nitrogens with zero attached hydrogens (tertiary/aromatic N) is 7. The molecule has 4 aromatic heterocycles. The van der Waals surface area contributed by atoms with Crippen LogP contribution in [-0.2, 0) is 9.59 Å². The number of aryl methyl sites for hydroxylation is 1. The number of anilines is 3. The molecule has 0 spiro atoms. The number of hydrogen-bond donors (Lipinski definition) is 2. The molecule has 208 valence electrons. The Kier molecular flexibility index (Phi) is 5.38. The van der Waals surface area contributed by atoms with E-state index in [0.29, 0.717) is 23.5 Å². The molecule has 3 aliphatic carbocycles. The summed E-state index contributed by atoms with van der Waals surface area (Å²) in [5.74, 6) is 3.02. The second kappa shape index (κ2) is 9.05. The first-order valence-electron chi connectivity index (χ1n) is 14.4. The molecule has 4 aliphatic rings. The minimum atomic E-state index is -0.167. The minimum absolute atomic E-state index is 0.0383. The van der Waals surface area contributed by atoms with Gasteiger partial charge < -0.3 is 19.9 Å². The van der Waals surface area contributed by atoms with Gasteiger partial charge in [0.2, 0.25) is 11.8 Å². The van der Waals surface area contributed by atoms with Gasteiger partial charge in [0, 0.05) is 54.6 Å². The molecule has 0 aromatic carbocycles. The van der Waals surface area contributed by atoms with Crippen LogP contribution >= 0.6 is 0 Å². The first-order chi connectivity index (χ1) is 19.9. The van der Waals surface area contributed by atoms with Crippen molar-refractivity contribution in [3.05, 3.63) is 65.9 Å². The van der Waals surface area contributed by atoms with Gasteiger partial charge in [0.05, 0.1) is 17.4 Å². The van der Waals surface area contributed by atoms with Crippen molar-refractivity contribution in [1.82, 2.24) is 29.3 Å². The number of imidazole rings is 1. The predicted octanol–water partition coefficient (Wildman–Crippen LogP) is 4.00. The summed E-state index contributed by atoms with van der Waals surface area (Å²) in [5, 5.41) is 6.32. The molecule has 11 nitrogen and oxygen atoms in total. The fraction of sp³-hybridized carbons (Fsp3) is 0.433. The number of fused-ring (bicyclic) bond motifs is 2. The summed E-state index contributed by atoms with van der Waals surface area (Å²) < 4.78 is 2.07. The van der Waals surface area contributed by atoms with E-state index in [0.717, 1.165) is 47.9 Å². The zero-order chi connectivity index (χ0) is 27.8. The maximum Gasteiger partial charge on any atom is 0.230 e. The van der Waals surface area contributed by atoms with Crippen molar-refractivity contribution in [3.63, 3.8) is 0 Å². The van der Waals surface area contributed by atoms with E-state index in [1.165, 1.54) is 24.7 Å². The topological polar surface area (TPSA) is 130 Å². The number of carbonyl (C=O) groups is 2. The molecule has 4 aromatic rings. The normalized spacial score (nSPS) is 25.2. The van der Waals surface area contributed by atoms with E-state index in [4.69, 9.17) is 4.98 Å². The van der Waals surface area contributed by atoms with Crippen LogP contribution in [0.4, 0.5) is 17.3 Å². The predicted molar refractivity (Wildman–Crippen MR) is 151 cm³/mol. The van der Waals surface area contributed by atoms with E-state index in [2.05, 4.69) is 47.2 Å². The molecule has 11 heteroatoms. The van der Waals surface area contributed by atoms with E-state index in [-0.39, 0.29) is 35.6 Å². The van der Waals surface area contributed by atoms with Crippen LogP contribution in [0.5, 0.6) is 0 Å². The summed E-state index contributed by atoms with van der Waals surface area (Å²) in [5.41, 5.74) is 4.74. The lowest BCUT2D eigenvalue weighted by Crippen LogP contribution is -2.28. The number of aromatic nitrogens is 6. The summed E-state index contributed by atoms with van der Waals surface area (Å²) >= 11 is 0. The van der Waals surface area contributed by atoms with Crippen molar-refractivity contribution < 1.29 is 9.59 Å². The standard InChI is InChI=1S/C30H31N9O2/c1-15-5-6-31-27(34-15)21-9-22(21)29(40)37-26-10-25(32-14-33-26)35-16(2)23-13-38-11-18(17-3-4-17)8-24(28(38)36-23)39-12-19-7-20(19)30(39)41/h5-6,8,10-11,13-14,16-17,19-22H,3-4,7,9,12H2,1-2H3,(H2,32,33,35,37,40)/t16-,19-,20-,21?,22?/m1/s1. The molecule has 41 heavy (non-hydrogen) atoms. The summed E-state index contributed by atoms with van der Waals surface area (Å²) in [7, 11) is 0. The average molecular weight is 550 g/mol. The Hall–Kier alpha value is -4.41. The molecule has 8 rings (SSSR count). The van der Waals surface area contributed by atoms with Gasteiger partial charge in [-0.2, -0.15) is 0 Å². The first kappa shape index (κ1) is 24.4. The van der Waals surface area contributed by atoms with Crippen LogP contribution in [0, 0.1) is 24.7 Å². The number of rotatable bonds is 8. The third kappa shape index (κ3) is 4.49. The largest absolute Gasteiger partial charge is 0.362 e. The van der Waals surface area contributed by atoms with Crippen molar-refractivity contribution in [2.45, 2.75) is 57.4 Å². The number of pyridine rings is 1. The Balaban J connectivity index is 0.987. The van der Waals surface area contributed by atoms with Crippen LogP contribution in [0.1, 0.15) is 73.3 Å². The van der Waals surface area contributed by atoms with Crippen LogP contribution in [0.2, 0.25) is 0 Å². The molecule has 0 bridgehead atoms. The highest BCUT2D eigenvalue weighted by molar-refractivity contribution is 6.02. The Labute approximate surface area is 236 Å². The summed E-state index contributed by atoms with van der Waals surface area (Å²) in [4.78, 5) is 50.2. The first-order valence-corrected chi connectivity index (χ1v) is 14.4. The highest BCUT2D eigenvalue weighted by Gasteiger charge is 2.53. The van der Waals surface area contributed by atoms with Crippen molar-refractivity contribution in [3.8, 4) is 0 Å². The van der Waals surface area contributed by atoms with Gasteiger partial charge >= 0.3 is 0 Å². The van der Waals surface area contributed by atoms with Gasteiger partial charge in [0.1, 0.15) is 23.8 Å². The molecular weight excluding hydrogens is 518 g/mol. The Morgan fingerprint density at radius 2 is 1.90 bits per heavy atom. The summed E-state index contributed by atoms with van der Waals surface area (Å²) in [6, 6.07) is 5.60. The van der Waals surface area contributed by atoms with Gasteiger partial charge in [-0.3, -0.25) is 9.59 Å². The van der Waals surface area contributed by atoms with E-state index < -0.39 is 0 Å². The van der Waals surface area contributed by atoms with Gasteiger partial charge in [-0.15, -0.1) is 0 Å². The summed E-state index contributed by atoms with van der Waals surface area (Å²) in [6.07, 6.45) is 11.5. The van der Waals surface area contributed by atoms with Crippen LogP contribution in [0.25, 0.3) is 5.65 Å². The number of hydrogen-bond acceptors (Lipinski definition) is 8. The quantitative estimate of drug-likeness (QED) is 0.337. The molecule has 2 amide bonds. The van der Waals surface area contributed by atoms with Crippen LogP contribution in [0.3, 0.4) is 0 Å². The highest BCUT2D eigenvalue weighted by Crippen LogP contribution is 2.49. The second-order valence-electron chi connectivity index (χ2n) is 12.0. The number of amides is 2. The maximum atomic E-state index is 13.0. The third-order valence-corrected chi connectivity index (χ3v) is 8.83. The number of piperidine rings is 1. The van der Waals surface area contributed by atoms with Gasteiger partial charge in [0.25, 0.3) is 0 Å². The van der Waals surface area contributed by atoms with E-state index in [1.807, 2.05) is 31.0 Å². The lowest BCUT2D eigenvalue weighted by molar-refractivity contribution is -0.119. The van der Waals surface area contributed by atoms with Crippen molar-refractivity contribution in [2.75, 3.05) is 22.1 Å². The molecule has 2 N–H and O–H groups in total. The van der Waals surface area contributed by atoms with Gasteiger partial charge in [-0.1, -0.05) is 0 Å². The Bertz CT molecular complexity index is 1710. The van der Waals surface area contributed by atoms with Gasteiger partial charge in [-0.25, -0.2) is 24.9 Å². The van der Waals surface area contributed by atoms with E-state index >= 15 is 0 Å². The lowest BCUT2D eigenvalue weighted by atomic mass is 10.1. The number of carbonyl (C=O) groups excluding carboxylic acids is 2. The fourth-order valence-electron chi connectivity index (χ4n) is 6.10. The average Bonchev–Trinajstić information content (AvgIpc) is 3.87. The molecule has 3 saturated carbocycles. The van der Waals surface area contributed by atoms with Crippen molar-refractivity contribution >= 4 is 34.8 Å². The molecule has 0 radical (unpaired) electrons. The second-order valence-corrected chi connectivity index (χ2v) is 12.0. The SMILES string of the molecule is Cc1ccnc(C2CC2C(=O)Nc2cc(N[C@H](C)c3cn4cc(C5CC5)cc(N5C[C@H]6C[C@H]6C5=O)c4n3)ncn2)n1. The molecule has 1 aliphatic heterocycles. The third-order valence-electron chi connectivity index (χ3n) is 8.83. The minimum Gasteiger partial charge on any atom is -0.362 e. The van der Waals surface area contributed by atoms with Crippen LogP contribution in [-0.4, -0.2) is 47.7 Å². The smallest absolute Gasteiger partial charge is 0.230 e. The molecule has 1 saturated heterocycles. The zero-order valence-electron chi connectivity index (χ0n) is 23.0. The molecule has 2 unspecified atom stereocenters. The van der Waals surface area contributed by atoms with Crippen LogP contribution in [0.15, 0.2) is 43.1 Å². The zero-order valence-corrected chi connectivity index (χ0v) is 23.0. The monoisotopic (exact) mass is 549 g/mol. The molecule has 5 atom stereocenters. The van der Waals surface area contributed by atoms with E-state index in [9.17, 15) is 9.59 Å². The fourth-order valence-corrected chi connectivity index (χ4v) is 6.10. The Morgan fingerprint density at radius 3 is 2.68 bits per heavy atom. The molecule has 4 fully saturated rings. The molecule has 5 heterocycles. The highest BCUT2D eigenvalue weighted by atomic mass is 16.2. The summed E-state index contributed by atoms with van der Waals surface area (Å²) in [6.45, 7) is 4.74. The van der Waals surface area contributed by atoms with Gasteiger partial charge in [-0.05, 0) is 69.1 Å². The van der Waals surface area contributed by atoms with E-state index in [1.54, 1.807) is 12.3 Å². The number of nitrogens with one attached hydrogen (secondary N) is 2. The van der Waals surface area contributed by atoms with Crippen LogP contribution < -0.4 is 15.5 Å². The van der Waals surface area contributed by atoms with Crippen molar-refractivity contribution in [2.24, 2.45) is 17.8 Å². The van der Waals surface area contributed by atoms with Gasteiger partial charge in [0.15, 0.2) is 5.65 Å². The van der Waals surface area contributed by atoms with Crippen molar-refractivity contribution in [1.29, 1.82) is 0 Å². The Morgan fingerprint density at radius 1 is 1.05 bits per heavy atom. The lowest BCUT2D eigenvalue weighted by Gasteiger charge is -2.20. The maximum absolute atomic E-state index is 13.0. The molecular formula is C30H31N9O2.